The fourth-order valence-electron chi connectivity index (χ4n) is 0.822. The van der Waals surface area contributed by atoms with E-state index in [-0.39, 0.29) is 42.6 Å². The van der Waals surface area contributed by atoms with Crippen LogP contribution in [-0.4, -0.2) is 29.9 Å². The molecule has 0 rings (SSSR count). The van der Waals surface area contributed by atoms with Crippen molar-refractivity contribution in [3.05, 3.63) is 0 Å². The summed E-state index contributed by atoms with van der Waals surface area (Å²) >= 11 is 0. The Hall–Kier alpha value is 0.390. The van der Waals surface area contributed by atoms with Gasteiger partial charge >= 0.3 is 29.6 Å². The number of unbranched alkanes of at least 4 members (excludes halogenated alkanes) is 1. The van der Waals surface area contributed by atoms with Crippen LogP contribution >= 0.6 is 0 Å². The summed E-state index contributed by atoms with van der Waals surface area (Å²) < 4.78 is 0. The number of carboxylic acids is 1. The van der Waals surface area contributed by atoms with Gasteiger partial charge < -0.3 is 20.1 Å². The van der Waals surface area contributed by atoms with Crippen LogP contribution in [0.3, 0.4) is 0 Å². The minimum Gasteiger partial charge on any atom is -0.550 e. The first-order valence-electron chi connectivity index (χ1n) is 5.30. The van der Waals surface area contributed by atoms with Gasteiger partial charge in [0.05, 0.1) is 0 Å². The molecule has 0 amide bonds. The molecule has 0 aromatic heterocycles. The van der Waals surface area contributed by atoms with Gasteiger partial charge in [-0.25, -0.2) is 0 Å². The van der Waals surface area contributed by atoms with Crippen LogP contribution in [0.15, 0.2) is 0 Å². The fraction of sp³-hybridized carbons (Fsp3) is 0.909. The van der Waals surface area contributed by atoms with Crippen molar-refractivity contribution >= 4 is 5.97 Å². The Morgan fingerprint density at radius 2 is 1.62 bits per heavy atom. The van der Waals surface area contributed by atoms with E-state index in [1.165, 1.54) is 0 Å². The third kappa shape index (κ3) is 47.2. The second-order valence-corrected chi connectivity index (χ2v) is 3.33. The van der Waals surface area contributed by atoms with Crippen molar-refractivity contribution in [1.29, 1.82) is 0 Å². The zero-order chi connectivity index (χ0) is 12.7. The molecule has 0 radical (unpaired) electrons. The van der Waals surface area contributed by atoms with Crippen molar-refractivity contribution in [1.82, 2.24) is 0 Å². The molecule has 5 heteroatoms. The molecule has 0 atom stereocenters. The van der Waals surface area contributed by atoms with Crippen molar-refractivity contribution < 1.29 is 49.7 Å². The molecule has 0 spiro atoms. The Labute approximate surface area is 121 Å². The molecular weight excluding hydrogens is 219 g/mol. The predicted molar refractivity (Wildman–Crippen MR) is 59.2 cm³/mol. The Morgan fingerprint density at radius 1 is 1.25 bits per heavy atom. The maximum absolute atomic E-state index is 9.93. The van der Waals surface area contributed by atoms with Crippen molar-refractivity contribution in [2.75, 3.05) is 13.7 Å². The molecule has 16 heavy (non-hydrogen) atoms. The second kappa shape index (κ2) is 24.6. The molecule has 0 aliphatic heterocycles. The molecule has 2 N–H and O–H groups in total. The molecule has 0 aromatic carbocycles. The normalized spacial score (nSPS) is 7.94. The average Bonchev–Trinajstić information content (AvgIpc) is 2.16. The van der Waals surface area contributed by atoms with Gasteiger partial charge in [0.2, 0.25) is 0 Å². The van der Waals surface area contributed by atoms with E-state index in [1.54, 1.807) is 6.92 Å². The van der Waals surface area contributed by atoms with Gasteiger partial charge in [0, 0.05) is 19.7 Å². The van der Waals surface area contributed by atoms with Gasteiger partial charge in [-0.1, -0.05) is 26.7 Å². The molecule has 0 bridgehead atoms. The molecule has 0 saturated carbocycles. The minimum absolute atomic E-state index is 0. The number of aliphatic carboxylic acids is 1. The predicted octanol–water partition coefficient (Wildman–Crippen LogP) is -2.44. The van der Waals surface area contributed by atoms with E-state index in [1.807, 2.05) is 0 Å². The first-order valence-corrected chi connectivity index (χ1v) is 5.30. The number of hydrogen-bond acceptors (Lipinski definition) is 4. The Morgan fingerprint density at radius 3 is 1.88 bits per heavy atom. The van der Waals surface area contributed by atoms with E-state index >= 15 is 0 Å². The van der Waals surface area contributed by atoms with Crippen molar-refractivity contribution in [3.8, 4) is 0 Å². The summed E-state index contributed by atoms with van der Waals surface area (Å²) in [4.78, 5) is 9.93. The first kappa shape index (κ1) is 25.3. The number of rotatable bonds is 5. The maximum Gasteiger partial charge on any atom is 1.00 e. The van der Waals surface area contributed by atoms with Crippen LogP contribution in [0.25, 0.3) is 0 Å². The van der Waals surface area contributed by atoms with E-state index in [0.717, 1.165) is 26.4 Å². The van der Waals surface area contributed by atoms with Crippen LogP contribution < -0.4 is 34.7 Å². The van der Waals surface area contributed by atoms with Crippen molar-refractivity contribution in [2.45, 2.75) is 46.5 Å². The van der Waals surface area contributed by atoms with Gasteiger partial charge in [-0.2, -0.15) is 0 Å². The summed E-state index contributed by atoms with van der Waals surface area (Å²) in [6.45, 7) is 6.21. The number of carbonyl (C=O) groups is 1. The van der Waals surface area contributed by atoms with Crippen molar-refractivity contribution in [3.63, 3.8) is 0 Å². The van der Waals surface area contributed by atoms with E-state index < -0.39 is 5.97 Å². The number of aliphatic hydroxyl groups is 2. The van der Waals surface area contributed by atoms with Gasteiger partial charge in [-0.05, 0) is 25.7 Å². The van der Waals surface area contributed by atoms with Crippen LogP contribution in [0.4, 0.5) is 0 Å². The number of carboxylic acid groups (broad SMARTS) is 1. The van der Waals surface area contributed by atoms with E-state index in [2.05, 4.69) is 13.8 Å². The minimum atomic E-state index is -0.927. The fourth-order valence-corrected chi connectivity index (χ4v) is 0.822. The SMILES string of the molecule is CC(C)CCCCC(=O)[O-].CCO.CO.[Na+]. The van der Waals surface area contributed by atoms with Gasteiger partial charge in [-0.15, -0.1) is 0 Å². The van der Waals surface area contributed by atoms with Crippen LogP contribution in [0, 0.1) is 5.92 Å². The Balaban J connectivity index is -0.000000104. The number of carbonyl (C=O) groups excluding carboxylic acids is 1. The molecule has 0 aromatic rings. The largest absolute Gasteiger partial charge is 1.00 e. The second-order valence-electron chi connectivity index (χ2n) is 3.33. The molecule has 94 valence electrons. The zero-order valence-electron chi connectivity index (χ0n) is 11.3. The van der Waals surface area contributed by atoms with E-state index in [9.17, 15) is 9.90 Å². The first-order chi connectivity index (χ1) is 7.04. The monoisotopic (exact) mass is 244 g/mol. The van der Waals surface area contributed by atoms with Crippen LogP contribution in [0.1, 0.15) is 46.5 Å². The molecule has 0 aliphatic rings. The Kier molecular flexibility index (Phi) is 38.8. The summed E-state index contributed by atoms with van der Waals surface area (Å²) in [7, 11) is 1.00. The van der Waals surface area contributed by atoms with Crippen molar-refractivity contribution in [2.24, 2.45) is 5.92 Å². The zero-order valence-corrected chi connectivity index (χ0v) is 13.3. The number of hydrogen-bond donors (Lipinski definition) is 2. The summed E-state index contributed by atoms with van der Waals surface area (Å²) in [5, 5.41) is 24.5. The summed E-state index contributed by atoms with van der Waals surface area (Å²) in [5.41, 5.74) is 0. The molecule has 0 saturated heterocycles. The third-order valence-corrected chi connectivity index (χ3v) is 1.41. The van der Waals surface area contributed by atoms with Crippen LogP contribution in [-0.2, 0) is 4.79 Å². The van der Waals surface area contributed by atoms with E-state index in [0.29, 0.717) is 5.92 Å². The van der Waals surface area contributed by atoms with E-state index in [4.69, 9.17) is 10.2 Å². The maximum atomic E-state index is 9.93. The van der Waals surface area contributed by atoms with Gasteiger partial charge in [-0.3, -0.25) is 0 Å². The average molecular weight is 244 g/mol. The molecular formula is C11H25NaO4. The molecule has 0 heterocycles. The standard InChI is InChI=1S/C8H16O2.C2H6O.CH4O.Na/c1-7(2)5-3-4-6-8(9)10;1-2-3;1-2;/h7H,3-6H2,1-2H3,(H,9,10);3H,2H2,1H3;2H,1H3;/q;;;+1/p-1. The smallest absolute Gasteiger partial charge is 0.550 e. The molecule has 0 unspecified atom stereocenters. The van der Waals surface area contributed by atoms with Gasteiger partial charge in [0.25, 0.3) is 0 Å². The van der Waals surface area contributed by atoms with Gasteiger partial charge in [0.1, 0.15) is 0 Å². The topological polar surface area (TPSA) is 80.6 Å². The van der Waals surface area contributed by atoms with Crippen LogP contribution in [0.2, 0.25) is 0 Å². The molecule has 4 nitrogen and oxygen atoms in total. The Bertz CT molecular complexity index is 119. The summed E-state index contributed by atoms with van der Waals surface area (Å²) in [6.07, 6.45) is 3.10. The quantitative estimate of drug-likeness (QED) is 0.416. The molecule has 0 aliphatic carbocycles. The summed E-state index contributed by atoms with van der Waals surface area (Å²) in [6, 6.07) is 0. The summed E-state index contributed by atoms with van der Waals surface area (Å²) in [5.74, 6) is -0.245. The third-order valence-electron chi connectivity index (χ3n) is 1.41. The van der Waals surface area contributed by atoms with Crippen LogP contribution in [0.5, 0.6) is 0 Å². The molecule has 0 fully saturated rings. The number of aliphatic hydroxyl groups excluding tert-OH is 2. The van der Waals surface area contributed by atoms with Gasteiger partial charge in [0.15, 0.2) is 0 Å².